The van der Waals surface area contributed by atoms with Crippen molar-refractivity contribution in [1.82, 2.24) is 14.9 Å². The predicted molar refractivity (Wildman–Crippen MR) is 113 cm³/mol. The van der Waals surface area contributed by atoms with Crippen LogP contribution in [0.4, 0.5) is 0 Å². The summed E-state index contributed by atoms with van der Waals surface area (Å²) >= 11 is 2.24. The molecule has 1 fully saturated rings. The van der Waals surface area contributed by atoms with Crippen LogP contribution in [0.1, 0.15) is 25.0 Å². The number of nitrogens with zero attached hydrogens (tertiary/aromatic N) is 3. The van der Waals surface area contributed by atoms with Gasteiger partial charge in [-0.25, -0.2) is 0 Å². The highest BCUT2D eigenvalue weighted by atomic mass is 127. The fourth-order valence-electron chi connectivity index (χ4n) is 3.25. The second kappa shape index (κ2) is 8.92. The molecule has 24 heavy (non-hydrogen) atoms. The molecular weight excluding hydrogens is 432 g/mol. The first-order valence-electron chi connectivity index (χ1n) is 8.28. The Labute approximate surface area is 157 Å². The van der Waals surface area contributed by atoms with E-state index in [1.54, 1.807) is 12.4 Å². The van der Waals surface area contributed by atoms with Crippen LogP contribution in [-0.2, 0) is 6.54 Å². The Morgan fingerprint density at radius 3 is 3.25 bits per heavy atom. The molecule has 0 saturated carbocycles. The zero-order valence-electron chi connectivity index (χ0n) is 13.6. The summed E-state index contributed by atoms with van der Waals surface area (Å²) in [5.41, 5.74) is 8.66. The first kappa shape index (κ1) is 17.8. The smallest absolute Gasteiger partial charge is 0.0739 e. The molecule has 3 rings (SSSR count). The lowest BCUT2D eigenvalue weighted by Gasteiger charge is -2.15. The molecule has 5 nitrogen and oxygen atoms in total. The monoisotopic (exact) mass is 455 g/mol. The highest BCUT2D eigenvalue weighted by Crippen LogP contribution is 2.25. The molecule has 0 aromatic carbocycles. The van der Waals surface area contributed by atoms with Gasteiger partial charge in [0.2, 0.25) is 0 Å². The normalized spacial score (nSPS) is 20.4. The minimum atomic E-state index is 0.491. The number of allylic oxidation sites excluding steroid dienone is 1. The van der Waals surface area contributed by atoms with Gasteiger partial charge in [0.05, 0.1) is 23.8 Å². The number of aromatic nitrogens is 2. The molecule has 1 saturated heterocycles. The standard InChI is InChI=1S/C17H23IN5P/c18-24-22-10-15(9-19)16-8-14-4-7-23(17(14)11-21-16)12-13-2-1-5-20-6-3-13/h4,7-11,13,20,24H,1-3,5-6,12,19H2. The minimum Gasteiger partial charge on any atom is -0.404 e. The van der Waals surface area contributed by atoms with E-state index >= 15 is 0 Å². The van der Waals surface area contributed by atoms with Gasteiger partial charge in [0.1, 0.15) is 0 Å². The summed E-state index contributed by atoms with van der Waals surface area (Å²) in [6, 6.07) is 4.27. The van der Waals surface area contributed by atoms with Crippen LogP contribution in [0.2, 0.25) is 0 Å². The molecule has 0 spiro atoms. The van der Waals surface area contributed by atoms with Gasteiger partial charge in [0, 0.05) is 36.1 Å². The summed E-state index contributed by atoms with van der Waals surface area (Å²) in [7, 11) is 0. The van der Waals surface area contributed by atoms with Crippen molar-refractivity contribution in [3.8, 4) is 0 Å². The van der Waals surface area contributed by atoms with E-state index < -0.39 is 0 Å². The van der Waals surface area contributed by atoms with Gasteiger partial charge < -0.3 is 15.6 Å². The summed E-state index contributed by atoms with van der Waals surface area (Å²) in [5, 5.41) is 4.69. The zero-order valence-corrected chi connectivity index (χ0v) is 16.7. The molecule has 1 aliphatic heterocycles. The van der Waals surface area contributed by atoms with Crippen molar-refractivity contribution in [2.24, 2.45) is 16.4 Å². The summed E-state index contributed by atoms with van der Waals surface area (Å²) < 4.78 is 6.62. The summed E-state index contributed by atoms with van der Waals surface area (Å²) in [6.07, 6.45) is 11.8. The van der Waals surface area contributed by atoms with E-state index in [1.807, 2.05) is 6.20 Å². The van der Waals surface area contributed by atoms with Crippen molar-refractivity contribution >= 4 is 51.1 Å². The maximum Gasteiger partial charge on any atom is 0.0739 e. The number of halogens is 1. The molecule has 0 amide bonds. The van der Waals surface area contributed by atoms with Gasteiger partial charge >= 0.3 is 0 Å². The second-order valence-electron chi connectivity index (χ2n) is 6.11. The van der Waals surface area contributed by atoms with E-state index in [2.05, 4.69) is 60.0 Å². The number of pyridine rings is 1. The zero-order chi connectivity index (χ0) is 16.8. The largest absolute Gasteiger partial charge is 0.404 e. The highest BCUT2D eigenvalue weighted by Gasteiger charge is 2.14. The quantitative estimate of drug-likeness (QED) is 0.410. The van der Waals surface area contributed by atoms with E-state index in [9.17, 15) is 0 Å². The molecule has 2 atom stereocenters. The van der Waals surface area contributed by atoms with E-state index in [4.69, 9.17) is 5.73 Å². The third-order valence-electron chi connectivity index (χ3n) is 4.54. The predicted octanol–water partition coefficient (Wildman–Crippen LogP) is 3.74. The van der Waals surface area contributed by atoms with Crippen LogP contribution < -0.4 is 11.1 Å². The molecule has 0 bridgehead atoms. The fraction of sp³-hybridized carbons (Fsp3) is 0.412. The fourth-order valence-corrected chi connectivity index (χ4v) is 3.85. The lowest BCUT2D eigenvalue weighted by molar-refractivity contribution is 0.410. The SMILES string of the molecule is NC=C(C=NPI)c1cc2ccn(CC3CCCNCC3)c2cn1. The molecule has 3 N–H and O–H groups in total. The summed E-state index contributed by atoms with van der Waals surface area (Å²) in [4.78, 5) is 4.60. The third kappa shape index (κ3) is 4.35. The van der Waals surface area contributed by atoms with Crippen LogP contribution >= 0.6 is 28.4 Å². The highest BCUT2D eigenvalue weighted by molar-refractivity contribution is 14.2. The Bertz CT molecular complexity index is 732. The van der Waals surface area contributed by atoms with Crippen molar-refractivity contribution in [3.63, 3.8) is 0 Å². The Hall–Kier alpha value is -0.980. The third-order valence-corrected chi connectivity index (χ3v) is 5.60. The number of nitrogens with two attached hydrogens (primary N) is 1. The molecule has 7 heteroatoms. The van der Waals surface area contributed by atoms with Crippen molar-refractivity contribution in [2.45, 2.75) is 25.8 Å². The molecule has 2 aromatic rings. The molecule has 0 aliphatic carbocycles. The lowest BCUT2D eigenvalue weighted by Crippen LogP contribution is -2.15. The lowest BCUT2D eigenvalue weighted by atomic mass is 10.0. The second-order valence-corrected chi connectivity index (χ2v) is 7.98. The summed E-state index contributed by atoms with van der Waals surface area (Å²) in [5.74, 6) is 0.742. The van der Waals surface area contributed by atoms with Gasteiger partial charge in [-0.3, -0.25) is 9.75 Å². The molecule has 128 valence electrons. The molecule has 2 unspecified atom stereocenters. The molecule has 0 radical (unpaired) electrons. The van der Waals surface area contributed by atoms with Crippen LogP contribution in [-0.4, -0.2) is 28.9 Å². The molecular formula is C17H23IN5P. The minimum absolute atomic E-state index is 0.491. The van der Waals surface area contributed by atoms with Gasteiger partial charge in [-0.2, -0.15) is 0 Å². The number of hydrogen-bond acceptors (Lipinski definition) is 4. The van der Waals surface area contributed by atoms with Crippen LogP contribution in [0.5, 0.6) is 0 Å². The maximum absolute atomic E-state index is 5.73. The van der Waals surface area contributed by atoms with Gasteiger partial charge in [-0.15, -0.1) is 0 Å². The molecule has 2 aromatic heterocycles. The van der Waals surface area contributed by atoms with E-state index in [0.29, 0.717) is 6.37 Å². The Morgan fingerprint density at radius 1 is 1.50 bits per heavy atom. The molecule has 3 heterocycles. The average molecular weight is 455 g/mol. The average Bonchev–Trinajstić information content (AvgIpc) is 2.82. The van der Waals surface area contributed by atoms with Crippen molar-refractivity contribution in [3.05, 3.63) is 36.4 Å². The van der Waals surface area contributed by atoms with Crippen molar-refractivity contribution < 1.29 is 0 Å². The van der Waals surface area contributed by atoms with Gasteiger partial charge in [0.15, 0.2) is 0 Å². The number of fused-ring (bicyclic) bond motifs is 1. The van der Waals surface area contributed by atoms with Crippen LogP contribution in [0, 0.1) is 5.92 Å². The number of hydrogen-bond donors (Lipinski definition) is 2. The van der Waals surface area contributed by atoms with Crippen LogP contribution in [0.15, 0.2) is 35.5 Å². The van der Waals surface area contributed by atoms with Gasteiger partial charge in [-0.1, -0.05) is 0 Å². The van der Waals surface area contributed by atoms with E-state index in [1.165, 1.54) is 30.2 Å². The van der Waals surface area contributed by atoms with E-state index in [0.717, 1.165) is 36.8 Å². The Balaban J connectivity index is 1.81. The van der Waals surface area contributed by atoms with Crippen molar-refractivity contribution in [1.29, 1.82) is 0 Å². The van der Waals surface area contributed by atoms with Gasteiger partial charge in [0.25, 0.3) is 0 Å². The molecule has 1 aliphatic rings. The van der Waals surface area contributed by atoms with Crippen LogP contribution in [0.25, 0.3) is 16.5 Å². The van der Waals surface area contributed by atoms with Crippen LogP contribution in [0.3, 0.4) is 0 Å². The van der Waals surface area contributed by atoms with Gasteiger partial charge in [-0.05, 0) is 72.4 Å². The maximum atomic E-state index is 5.73. The topological polar surface area (TPSA) is 68.2 Å². The number of nitrogens with one attached hydrogen (secondary N) is 1. The Morgan fingerprint density at radius 2 is 2.42 bits per heavy atom. The number of rotatable bonds is 5. The van der Waals surface area contributed by atoms with E-state index in [-0.39, 0.29) is 0 Å². The first-order chi connectivity index (χ1) is 11.8. The summed E-state index contributed by atoms with van der Waals surface area (Å²) in [6.45, 7) is 3.36. The van der Waals surface area contributed by atoms with Crippen molar-refractivity contribution in [2.75, 3.05) is 13.1 Å². The Kier molecular flexibility index (Phi) is 6.63. The first-order valence-corrected chi connectivity index (χ1v) is 12.3.